The van der Waals surface area contributed by atoms with Crippen LogP contribution in [0, 0.1) is 6.92 Å². The highest BCUT2D eigenvalue weighted by Gasteiger charge is 2.14. The molecule has 1 N–H and O–H groups in total. The van der Waals surface area contributed by atoms with Crippen molar-refractivity contribution in [3.8, 4) is 5.75 Å². The van der Waals surface area contributed by atoms with Gasteiger partial charge in [0.15, 0.2) is 5.65 Å². The summed E-state index contributed by atoms with van der Waals surface area (Å²) in [6.45, 7) is 2.62. The lowest BCUT2D eigenvalue weighted by Crippen LogP contribution is -2.28. The molecule has 0 fully saturated rings. The van der Waals surface area contributed by atoms with Crippen molar-refractivity contribution in [2.45, 2.75) is 20.1 Å². The SMILES string of the molecule is COc1ccccc1CNc1cc(=O)n(OCc2ccccc2)c2ncnc(C)c12. The molecule has 0 saturated heterocycles. The van der Waals surface area contributed by atoms with Crippen molar-refractivity contribution >= 4 is 16.7 Å². The van der Waals surface area contributed by atoms with Gasteiger partial charge in [-0.15, -0.1) is 4.73 Å². The molecule has 152 valence electrons. The van der Waals surface area contributed by atoms with Crippen molar-refractivity contribution in [1.82, 2.24) is 14.7 Å². The maximum atomic E-state index is 12.8. The number of ether oxygens (including phenoxy) is 1. The first-order valence-corrected chi connectivity index (χ1v) is 9.57. The quantitative estimate of drug-likeness (QED) is 0.511. The molecule has 30 heavy (non-hydrogen) atoms. The Morgan fingerprint density at radius 2 is 1.80 bits per heavy atom. The predicted octanol–water partition coefficient (Wildman–Crippen LogP) is 3.35. The normalized spacial score (nSPS) is 10.7. The average Bonchev–Trinajstić information content (AvgIpc) is 2.78. The van der Waals surface area contributed by atoms with Crippen LogP contribution in [0.2, 0.25) is 0 Å². The van der Waals surface area contributed by atoms with Crippen molar-refractivity contribution < 1.29 is 9.57 Å². The number of nitrogens with zero attached hydrogens (tertiary/aromatic N) is 3. The average molecular weight is 402 g/mol. The van der Waals surface area contributed by atoms with Crippen LogP contribution in [0.1, 0.15) is 16.8 Å². The highest BCUT2D eigenvalue weighted by Crippen LogP contribution is 2.24. The zero-order valence-electron chi connectivity index (χ0n) is 16.8. The molecule has 0 saturated carbocycles. The highest BCUT2D eigenvalue weighted by molar-refractivity contribution is 5.90. The fourth-order valence-electron chi connectivity index (χ4n) is 3.31. The van der Waals surface area contributed by atoms with Gasteiger partial charge in [0.05, 0.1) is 23.9 Å². The first-order chi connectivity index (χ1) is 14.7. The Morgan fingerprint density at radius 1 is 1.03 bits per heavy atom. The summed E-state index contributed by atoms with van der Waals surface area (Å²) in [6, 6.07) is 18.9. The highest BCUT2D eigenvalue weighted by atomic mass is 16.7. The van der Waals surface area contributed by atoms with E-state index in [0.717, 1.165) is 28.0 Å². The Labute approximate surface area is 173 Å². The van der Waals surface area contributed by atoms with Crippen LogP contribution in [0.3, 0.4) is 0 Å². The number of pyridine rings is 1. The molecule has 2 heterocycles. The van der Waals surface area contributed by atoms with Crippen LogP contribution < -0.4 is 20.5 Å². The number of para-hydroxylation sites is 1. The summed E-state index contributed by atoms with van der Waals surface area (Å²) in [4.78, 5) is 27.3. The van der Waals surface area contributed by atoms with E-state index in [-0.39, 0.29) is 12.2 Å². The molecule has 0 aliphatic rings. The van der Waals surface area contributed by atoms with E-state index in [1.54, 1.807) is 7.11 Å². The van der Waals surface area contributed by atoms with Gasteiger partial charge in [0, 0.05) is 18.2 Å². The molecular weight excluding hydrogens is 380 g/mol. The second kappa shape index (κ2) is 8.65. The number of benzene rings is 2. The molecule has 4 aromatic rings. The fraction of sp³-hybridized carbons (Fsp3) is 0.174. The second-order valence-electron chi connectivity index (χ2n) is 6.77. The van der Waals surface area contributed by atoms with E-state index in [0.29, 0.717) is 17.9 Å². The molecular formula is C23H22N4O3. The van der Waals surface area contributed by atoms with Gasteiger partial charge in [-0.2, -0.15) is 0 Å². The van der Waals surface area contributed by atoms with Crippen molar-refractivity contribution in [3.05, 3.63) is 94.2 Å². The van der Waals surface area contributed by atoms with Gasteiger partial charge in [0.25, 0.3) is 5.56 Å². The Morgan fingerprint density at radius 3 is 2.60 bits per heavy atom. The predicted molar refractivity (Wildman–Crippen MR) is 116 cm³/mol. The van der Waals surface area contributed by atoms with Crippen molar-refractivity contribution in [1.29, 1.82) is 0 Å². The minimum Gasteiger partial charge on any atom is -0.496 e. The molecule has 7 nitrogen and oxygen atoms in total. The largest absolute Gasteiger partial charge is 0.496 e. The Kier molecular flexibility index (Phi) is 5.61. The van der Waals surface area contributed by atoms with Gasteiger partial charge in [-0.05, 0) is 18.6 Å². The summed E-state index contributed by atoms with van der Waals surface area (Å²) < 4.78 is 6.64. The van der Waals surface area contributed by atoms with Gasteiger partial charge in [-0.25, -0.2) is 9.97 Å². The van der Waals surface area contributed by atoms with E-state index < -0.39 is 0 Å². The summed E-state index contributed by atoms with van der Waals surface area (Å²) in [6.07, 6.45) is 1.43. The van der Waals surface area contributed by atoms with Crippen molar-refractivity contribution in [2.75, 3.05) is 12.4 Å². The number of aryl methyl sites for hydroxylation is 1. The summed E-state index contributed by atoms with van der Waals surface area (Å²) in [5, 5.41) is 4.07. The molecule has 0 atom stereocenters. The third-order valence-electron chi connectivity index (χ3n) is 4.81. The molecule has 0 aliphatic carbocycles. The number of methoxy groups -OCH3 is 1. The van der Waals surface area contributed by atoms with E-state index in [1.807, 2.05) is 61.5 Å². The van der Waals surface area contributed by atoms with Crippen LogP contribution in [0.15, 0.2) is 71.8 Å². The number of hydrogen-bond acceptors (Lipinski definition) is 6. The van der Waals surface area contributed by atoms with E-state index in [1.165, 1.54) is 17.1 Å². The standard InChI is InChI=1S/C23H22N4O3/c1-16-22-19(24-13-18-10-6-7-11-20(18)29-2)12-21(28)27(23(22)26-15-25-16)30-14-17-8-4-3-5-9-17/h3-12,15,24H,13-14H2,1-2H3. The lowest BCUT2D eigenvalue weighted by molar-refractivity contribution is 0.0979. The molecule has 0 amide bonds. The molecule has 0 spiro atoms. The third-order valence-corrected chi connectivity index (χ3v) is 4.81. The first-order valence-electron chi connectivity index (χ1n) is 9.57. The maximum absolute atomic E-state index is 12.8. The van der Waals surface area contributed by atoms with Crippen LogP contribution in [-0.4, -0.2) is 21.8 Å². The van der Waals surface area contributed by atoms with E-state index in [4.69, 9.17) is 9.57 Å². The van der Waals surface area contributed by atoms with E-state index >= 15 is 0 Å². The maximum Gasteiger partial charge on any atom is 0.287 e. The number of aromatic nitrogens is 3. The Bertz CT molecular complexity index is 1220. The molecule has 0 radical (unpaired) electrons. The van der Waals surface area contributed by atoms with Gasteiger partial charge in [-0.3, -0.25) is 4.79 Å². The molecule has 0 aliphatic heterocycles. The van der Waals surface area contributed by atoms with Crippen LogP contribution in [-0.2, 0) is 13.2 Å². The molecule has 2 aromatic carbocycles. The van der Waals surface area contributed by atoms with Crippen molar-refractivity contribution in [2.24, 2.45) is 0 Å². The smallest absolute Gasteiger partial charge is 0.287 e. The number of hydrogen-bond donors (Lipinski definition) is 1. The van der Waals surface area contributed by atoms with E-state index in [9.17, 15) is 4.79 Å². The Hall–Kier alpha value is -3.87. The van der Waals surface area contributed by atoms with Crippen molar-refractivity contribution in [3.63, 3.8) is 0 Å². The van der Waals surface area contributed by atoms with Crippen LogP contribution in [0.25, 0.3) is 11.0 Å². The summed E-state index contributed by atoms with van der Waals surface area (Å²) >= 11 is 0. The molecule has 4 rings (SSSR count). The number of fused-ring (bicyclic) bond motifs is 1. The van der Waals surface area contributed by atoms with Gasteiger partial charge in [0.2, 0.25) is 0 Å². The molecule has 2 aromatic heterocycles. The Balaban J connectivity index is 1.69. The van der Waals surface area contributed by atoms with Crippen LogP contribution in [0.4, 0.5) is 5.69 Å². The minimum absolute atomic E-state index is 0.257. The van der Waals surface area contributed by atoms with E-state index in [2.05, 4.69) is 15.3 Å². The first kappa shape index (κ1) is 19.4. The number of nitrogens with one attached hydrogen (secondary N) is 1. The van der Waals surface area contributed by atoms with Crippen LogP contribution >= 0.6 is 0 Å². The van der Waals surface area contributed by atoms with Gasteiger partial charge < -0.3 is 14.9 Å². The van der Waals surface area contributed by atoms with Gasteiger partial charge >= 0.3 is 0 Å². The van der Waals surface area contributed by atoms with Gasteiger partial charge in [-0.1, -0.05) is 48.5 Å². The summed E-state index contributed by atoms with van der Waals surface area (Å²) in [7, 11) is 1.64. The third kappa shape index (κ3) is 3.96. The topological polar surface area (TPSA) is 78.3 Å². The summed E-state index contributed by atoms with van der Waals surface area (Å²) in [5.74, 6) is 0.779. The second-order valence-corrected chi connectivity index (χ2v) is 6.77. The lowest BCUT2D eigenvalue weighted by Gasteiger charge is -2.16. The molecule has 0 bridgehead atoms. The zero-order chi connectivity index (χ0) is 20.9. The lowest BCUT2D eigenvalue weighted by atomic mass is 10.1. The molecule has 0 unspecified atom stereocenters. The molecule has 7 heteroatoms. The van der Waals surface area contributed by atoms with Gasteiger partial charge in [0.1, 0.15) is 18.7 Å². The fourth-order valence-corrected chi connectivity index (χ4v) is 3.31. The zero-order valence-corrected chi connectivity index (χ0v) is 16.8. The summed E-state index contributed by atoms with van der Waals surface area (Å²) in [5.41, 5.74) is 3.46. The monoisotopic (exact) mass is 402 g/mol. The number of anilines is 1. The van der Waals surface area contributed by atoms with Crippen LogP contribution in [0.5, 0.6) is 5.75 Å². The minimum atomic E-state index is -0.306. The number of rotatable bonds is 7.